The first-order valence-electron chi connectivity index (χ1n) is 2.92. The van der Waals surface area contributed by atoms with Crippen LogP contribution in [0.25, 0.3) is 0 Å². The lowest BCUT2D eigenvalue weighted by Gasteiger charge is -2.16. The van der Waals surface area contributed by atoms with E-state index in [2.05, 4.69) is 12.6 Å². The van der Waals surface area contributed by atoms with Gasteiger partial charge < -0.3 is 5.11 Å². The van der Waals surface area contributed by atoms with Gasteiger partial charge in [0.25, 0.3) is 0 Å². The average molecular weight is 134 g/mol. The molecule has 0 saturated carbocycles. The average Bonchev–Trinajstić information content (AvgIpc) is 1.64. The highest BCUT2D eigenvalue weighted by Gasteiger charge is 2.12. The summed E-state index contributed by atoms with van der Waals surface area (Å²) in [5, 5.41) is 9.04. The van der Waals surface area contributed by atoms with E-state index in [0.717, 1.165) is 0 Å². The fourth-order valence-corrected chi connectivity index (χ4v) is 0.557. The molecular weight excluding hydrogens is 120 g/mol. The Bertz CT molecular complexity index is 53.5. The largest absolute Gasteiger partial charge is 0.392 e. The molecule has 0 aromatic rings. The van der Waals surface area contributed by atoms with Crippen molar-refractivity contribution in [2.45, 2.75) is 32.1 Å². The third kappa shape index (κ3) is 2.58. The van der Waals surface area contributed by atoms with Gasteiger partial charge >= 0.3 is 0 Å². The first-order valence-corrected chi connectivity index (χ1v) is 3.43. The summed E-state index contributed by atoms with van der Waals surface area (Å²) in [5.41, 5.74) is 0. The van der Waals surface area contributed by atoms with Gasteiger partial charge in [0.1, 0.15) is 0 Å². The van der Waals surface area contributed by atoms with Crippen molar-refractivity contribution in [2.24, 2.45) is 5.92 Å². The van der Waals surface area contributed by atoms with Crippen LogP contribution >= 0.6 is 12.6 Å². The maximum absolute atomic E-state index is 8.91. The van der Waals surface area contributed by atoms with Crippen molar-refractivity contribution in [1.82, 2.24) is 0 Å². The van der Waals surface area contributed by atoms with Crippen molar-refractivity contribution in [3.8, 4) is 0 Å². The molecule has 2 atom stereocenters. The summed E-state index contributed by atoms with van der Waals surface area (Å²) in [6.45, 7) is 5.85. The van der Waals surface area contributed by atoms with Gasteiger partial charge in [0.05, 0.1) is 6.10 Å². The van der Waals surface area contributed by atoms with Crippen LogP contribution in [0, 0.1) is 5.92 Å². The molecule has 0 aliphatic heterocycles. The van der Waals surface area contributed by atoms with Gasteiger partial charge in [-0.05, 0) is 12.8 Å². The van der Waals surface area contributed by atoms with Crippen molar-refractivity contribution in [3.63, 3.8) is 0 Å². The van der Waals surface area contributed by atoms with E-state index in [4.69, 9.17) is 5.11 Å². The molecule has 0 aliphatic carbocycles. The SMILES string of the molecule is CC(C)C(S)C(C)O. The van der Waals surface area contributed by atoms with E-state index in [9.17, 15) is 0 Å². The topological polar surface area (TPSA) is 20.2 Å². The highest BCUT2D eigenvalue weighted by molar-refractivity contribution is 7.81. The number of aliphatic hydroxyl groups is 1. The van der Waals surface area contributed by atoms with Crippen LogP contribution in [0.3, 0.4) is 0 Å². The number of hydrogen-bond acceptors (Lipinski definition) is 2. The molecule has 0 aromatic carbocycles. The maximum Gasteiger partial charge on any atom is 0.0630 e. The minimum absolute atomic E-state index is 0.120. The molecule has 0 fully saturated rings. The van der Waals surface area contributed by atoms with Gasteiger partial charge in [0, 0.05) is 5.25 Å². The monoisotopic (exact) mass is 134 g/mol. The Morgan fingerprint density at radius 1 is 1.25 bits per heavy atom. The lowest BCUT2D eigenvalue weighted by atomic mass is 10.1. The first kappa shape index (κ1) is 8.31. The summed E-state index contributed by atoms with van der Waals surface area (Å²) in [7, 11) is 0. The molecule has 2 heteroatoms. The smallest absolute Gasteiger partial charge is 0.0630 e. The van der Waals surface area contributed by atoms with Gasteiger partial charge in [-0.3, -0.25) is 0 Å². The van der Waals surface area contributed by atoms with Gasteiger partial charge in [0.2, 0.25) is 0 Å². The van der Waals surface area contributed by atoms with E-state index in [0.29, 0.717) is 5.92 Å². The minimum atomic E-state index is -0.293. The molecule has 1 N–H and O–H groups in total. The second-order valence-electron chi connectivity index (χ2n) is 2.48. The van der Waals surface area contributed by atoms with Gasteiger partial charge in [-0.25, -0.2) is 0 Å². The fraction of sp³-hybridized carbons (Fsp3) is 1.00. The third-order valence-electron chi connectivity index (χ3n) is 1.18. The Hall–Kier alpha value is 0.310. The predicted molar refractivity (Wildman–Crippen MR) is 39.3 cm³/mol. The number of aliphatic hydroxyl groups excluding tert-OH is 1. The Kier molecular flexibility index (Phi) is 3.49. The quantitative estimate of drug-likeness (QED) is 0.546. The van der Waals surface area contributed by atoms with Crippen LogP contribution in [-0.4, -0.2) is 16.5 Å². The Balaban J connectivity index is 3.46. The summed E-state index contributed by atoms with van der Waals surface area (Å²) >= 11 is 4.17. The molecule has 0 radical (unpaired) electrons. The summed E-state index contributed by atoms with van der Waals surface area (Å²) in [6.07, 6.45) is -0.293. The third-order valence-corrected chi connectivity index (χ3v) is 2.21. The highest BCUT2D eigenvalue weighted by Crippen LogP contribution is 2.11. The van der Waals surface area contributed by atoms with Crippen LogP contribution in [0.1, 0.15) is 20.8 Å². The van der Waals surface area contributed by atoms with E-state index >= 15 is 0 Å². The molecular formula is C6H14OS. The zero-order valence-electron chi connectivity index (χ0n) is 5.63. The normalized spacial score (nSPS) is 18.8. The van der Waals surface area contributed by atoms with E-state index in [-0.39, 0.29) is 11.4 Å². The van der Waals surface area contributed by atoms with E-state index < -0.39 is 0 Å². The van der Waals surface area contributed by atoms with Crippen molar-refractivity contribution in [2.75, 3.05) is 0 Å². The summed E-state index contributed by atoms with van der Waals surface area (Å²) in [6, 6.07) is 0. The van der Waals surface area contributed by atoms with Crippen LogP contribution < -0.4 is 0 Å². The second-order valence-corrected chi connectivity index (χ2v) is 3.07. The minimum Gasteiger partial charge on any atom is -0.392 e. The molecule has 0 spiro atoms. The standard InChI is InChI=1S/C6H14OS/c1-4(2)6(8)5(3)7/h4-8H,1-3H3. The van der Waals surface area contributed by atoms with Crippen LogP contribution in [0.2, 0.25) is 0 Å². The number of hydrogen-bond donors (Lipinski definition) is 2. The van der Waals surface area contributed by atoms with Crippen LogP contribution in [-0.2, 0) is 0 Å². The zero-order valence-corrected chi connectivity index (χ0v) is 6.52. The molecule has 0 aliphatic rings. The molecule has 0 bridgehead atoms. The van der Waals surface area contributed by atoms with Gasteiger partial charge in [-0.15, -0.1) is 0 Å². The fourth-order valence-electron chi connectivity index (χ4n) is 0.557. The number of thiol groups is 1. The van der Waals surface area contributed by atoms with Crippen LogP contribution in [0.5, 0.6) is 0 Å². The summed E-state index contributed by atoms with van der Waals surface area (Å²) in [4.78, 5) is 0. The molecule has 0 saturated heterocycles. The predicted octanol–water partition coefficient (Wildman–Crippen LogP) is 1.32. The molecule has 8 heavy (non-hydrogen) atoms. The van der Waals surface area contributed by atoms with Crippen molar-refractivity contribution in [3.05, 3.63) is 0 Å². The molecule has 0 aromatic heterocycles. The molecule has 0 amide bonds. The van der Waals surface area contributed by atoms with Gasteiger partial charge in [-0.2, -0.15) is 12.6 Å². The molecule has 0 heterocycles. The van der Waals surface area contributed by atoms with E-state index in [1.165, 1.54) is 0 Å². The van der Waals surface area contributed by atoms with Crippen LogP contribution in [0.4, 0.5) is 0 Å². The second kappa shape index (κ2) is 3.36. The van der Waals surface area contributed by atoms with Crippen molar-refractivity contribution < 1.29 is 5.11 Å². The van der Waals surface area contributed by atoms with E-state index in [1.807, 2.05) is 13.8 Å². The lowest BCUT2D eigenvalue weighted by molar-refractivity contribution is 0.176. The Morgan fingerprint density at radius 2 is 1.62 bits per heavy atom. The first-order chi connectivity index (χ1) is 3.55. The van der Waals surface area contributed by atoms with E-state index in [1.54, 1.807) is 6.92 Å². The Labute approximate surface area is 56.5 Å². The number of rotatable bonds is 2. The molecule has 0 rings (SSSR count). The van der Waals surface area contributed by atoms with Gasteiger partial charge in [0.15, 0.2) is 0 Å². The van der Waals surface area contributed by atoms with Gasteiger partial charge in [-0.1, -0.05) is 13.8 Å². The zero-order chi connectivity index (χ0) is 6.73. The van der Waals surface area contributed by atoms with Crippen molar-refractivity contribution >= 4 is 12.6 Å². The summed E-state index contributed by atoms with van der Waals surface area (Å²) < 4.78 is 0. The van der Waals surface area contributed by atoms with Crippen LogP contribution in [0.15, 0.2) is 0 Å². The lowest BCUT2D eigenvalue weighted by Crippen LogP contribution is -2.22. The maximum atomic E-state index is 8.91. The van der Waals surface area contributed by atoms with Crippen molar-refractivity contribution in [1.29, 1.82) is 0 Å². The Morgan fingerprint density at radius 3 is 1.62 bits per heavy atom. The highest BCUT2D eigenvalue weighted by atomic mass is 32.1. The molecule has 2 unspecified atom stereocenters. The molecule has 50 valence electrons. The summed E-state index contributed by atoms with van der Waals surface area (Å²) in [5.74, 6) is 0.457. The molecule has 1 nitrogen and oxygen atoms in total.